The monoisotopic (exact) mass is 285 g/mol. The second kappa shape index (κ2) is 7.87. The van der Waals surface area contributed by atoms with Crippen LogP contribution in [-0.4, -0.2) is 9.78 Å². The summed E-state index contributed by atoms with van der Waals surface area (Å²) < 4.78 is 2.05. The Kier molecular flexibility index (Phi) is 5.85. The molecule has 114 valence electrons. The molecule has 0 radical (unpaired) electrons. The van der Waals surface area contributed by atoms with Crippen LogP contribution in [0.25, 0.3) is 0 Å². The van der Waals surface area contributed by atoms with Gasteiger partial charge in [-0.15, -0.1) is 0 Å². The lowest BCUT2D eigenvalue weighted by Gasteiger charge is -2.09. The van der Waals surface area contributed by atoms with Gasteiger partial charge in [-0.25, -0.2) is 0 Å². The average Bonchev–Trinajstić information content (AvgIpc) is 3.00. The molecule has 1 heterocycles. The minimum Gasteiger partial charge on any atom is -0.379 e. The Morgan fingerprint density at radius 3 is 2.57 bits per heavy atom. The fourth-order valence-corrected chi connectivity index (χ4v) is 2.27. The average molecular weight is 285 g/mol. The lowest BCUT2D eigenvalue weighted by atomic mass is 10.1. The molecule has 1 aromatic carbocycles. The molecule has 1 unspecified atom stereocenters. The van der Waals surface area contributed by atoms with Gasteiger partial charge in [0.2, 0.25) is 0 Å². The van der Waals surface area contributed by atoms with E-state index in [-0.39, 0.29) is 0 Å². The van der Waals surface area contributed by atoms with E-state index >= 15 is 0 Å². The van der Waals surface area contributed by atoms with E-state index in [1.165, 1.54) is 24.8 Å². The third-order valence-corrected chi connectivity index (χ3v) is 3.95. The largest absolute Gasteiger partial charge is 0.379 e. The number of hydrogen-bond acceptors (Lipinski definition) is 2. The SMILES string of the molecule is CCCCc1ccc(NCc2ccn(C(C)CC)n2)cc1. The number of benzene rings is 1. The molecule has 1 aromatic heterocycles. The Hall–Kier alpha value is -1.77. The van der Waals surface area contributed by atoms with Crippen LogP contribution in [0.15, 0.2) is 36.5 Å². The van der Waals surface area contributed by atoms with Crippen molar-refractivity contribution in [3.63, 3.8) is 0 Å². The Balaban J connectivity index is 1.86. The summed E-state index contributed by atoms with van der Waals surface area (Å²) in [6.07, 6.45) is 6.86. The van der Waals surface area contributed by atoms with Gasteiger partial charge in [-0.05, 0) is 49.9 Å². The standard InChI is InChI=1S/C18H27N3/c1-4-6-7-16-8-10-17(11-9-16)19-14-18-12-13-21(20-18)15(3)5-2/h8-13,15,19H,4-7,14H2,1-3H3. The topological polar surface area (TPSA) is 29.9 Å². The molecule has 2 rings (SSSR count). The molecular formula is C18H27N3. The summed E-state index contributed by atoms with van der Waals surface area (Å²) in [5.41, 5.74) is 3.67. The van der Waals surface area contributed by atoms with Crippen molar-refractivity contribution in [2.45, 2.75) is 59.0 Å². The van der Waals surface area contributed by atoms with E-state index in [1.54, 1.807) is 0 Å². The molecule has 0 fully saturated rings. The summed E-state index contributed by atoms with van der Waals surface area (Å²) in [7, 11) is 0. The van der Waals surface area contributed by atoms with Gasteiger partial charge >= 0.3 is 0 Å². The van der Waals surface area contributed by atoms with E-state index < -0.39 is 0 Å². The van der Waals surface area contributed by atoms with E-state index in [4.69, 9.17) is 0 Å². The van der Waals surface area contributed by atoms with Gasteiger partial charge in [0.1, 0.15) is 0 Å². The minimum atomic E-state index is 0.469. The summed E-state index contributed by atoms with van der Waals surface area (Å²) in [5, 5.41) is 8.05. The molecule has 0 aliphatic carbocycles. The van der Waals surface area contributed by atoms with E-state index in [0.29, 0.717) is 6.04 Å². The first-order valence-electron chi connectivity index (χ1n) is 8.09. The van der Waals surface area contributed by atoms with Crippen molar-refractivity contribution in [1.29, 1.82) is 0 Å². The molecule has 21 heavy (non-hydrogen) atoms. The highest BCUT2D eigenvalue weighted by molar-refractivity contribution is 5.44. The van der Waals surface area contributed by atoms with E-state index in [2.05, 4.69) is 67.7 Å². The van der Waals surface area contributed by atoms with Gasteiger partial charge in [0.25, 0.3) is 0 Å². The molecule has 3 nitrogen and oxygen atoms in total. The molecule has 1 N–H and O–H groups in total. The quantitative estimate of drug-likeness (QED) is 0.754. The molecule has 0 spiro atoms. The van der Waals surface area contributed by atoms with Crippen LogP contribution in [0.1, 0.15) is 57.3 Å². The number of nitrogens with zero attached hydrogens (tertiary/aromatic N) is 2. The molecule has 0 saturated carbocycles. The molecule has 0 amide bonds. The number of anilines is 1. The molecule has 0 aliphatic heterocycles. The van der Waals surface area contributed by atoms with E-state index in [0.717, 1.165) is 24.3 Å². The fraction of sp³-hybridized carbons (Fsp3) is 0.500. The summed E-state index contributed by atoms with van der Waals surface area (Å²) in [6, 6.07) is 11.3. The van der Waals surface area contributed by atoms with Crippen molar-refractivity contribution < 1.29 is 0 Å². The summed E-state index contributed by atoms with van der Waals surface area (Å²) in [6.45, 7) is 7.38. The third-order valence-electron chi connectivity index (χ3n) is 3.95. The molecule has 3 heteroatoms. The highest BCUT2D eigenvalue weighted by Crippen LogP contribution is 2.14. The van der Waals surface area contributed by atoms with Gasteiger partial charge in [-0.2, -0.15) is 5.10 Å². The van der Waals surface area contributed by atoms with E-state index in [1.807, 2.05) is 4.68 Å². The van der Waals surface area contributed by atoms with Crippen LogP contribution in [0.3, 0.4) is 0 Å². The summed E-state index contributed by atoms with van der Waals surface area (Å²) >= 11 is 0. The highest BCUT2D eigenvalue weighted by Gasteiger charge is 2.04. The maximum Gasteiger partial charge on any atom is 0.0815 e. The first kappa shape index (κ1) is 15.6. The zero-order valence-corrected chi connectivity index (χ0v) is 13.5. The van der Waals surface area contributed by atoms with Crippen LogP contribution < -0.4 is 5.32 Å². The molecule has 0 bridgehead atoms. The first-order chi connectivity index (χ1) is 10.2. The van der Waals surface area contributed by atoms with Gasteiger partial charge in [-0.3, -0.25) is 4.68 Å². The molecule has 0 aliphatic rings. The second-order valence-electron chi connectivity index (χ2n) is 5.70. The van der Waals surface area contributed by atoms with Gasteiger partial charge in [0, 0.05) is 17.9 Å². The van der Waals surface area contributed by atoms with Crippen LogP contribution in [0, 0.1) is 0 Å². The minimum absolute atomic E-state index is 0.469. The lowest BCUT2D eigenvalue weighted by Crippen LogP contribution is -2.06. The maximum absolute atomic E-state index is 4.61. The number of nitrogens with one attached hydrogen (secondary N) is 1. The zero-order chi connectivity index (χ0) is 15.1. The van der Waals surface area contributed by atoms with E-state index in [9.17, 15) is 0 Å². The number of rotatable bonds is 8. The fourth-order valence-electron chi connectivity index (χ4n) is 2.27. The number of unbranched alkanes of at least 4 members (excludes halogenated alkanes) is 1. The number of aromatic nitrogens is 2. The van der Waals surface area contributed by atoms with Crippen LogP contribution in [0.5, 0.6) is 0 Å². The van der Waals surface area contributed by atoms with Gasteiger partial charge in [0.05, 0.1) is 12.2 Å². The van der Waals surface area contributed by atoms with Gasteiger partial charge in [0.15, 0.2) is 0 Å². The van der Waals surface area contributed by atoms with Crippen molar-refractivity contribution in [2.75, 3.05) is 5.32 Å². The van der Waals surface area contributed by atoms with Crippen molar-refractivity contribution in [3.8, 4) is 0 Å². The van der Waals surface area contributed by atoms with Crippen LogP contribution >= 0.6 is 0 Å². The zero-order valence-electron chi connectivity index (χ0n) is 13.5. The van der Waals surface area contributed by atoms with Crippen LogP contribution in [-0.2, 0) is 13.0 Å². The molecule has 2 aromatic rings. The lowest BCUT2D eigenvalue weighted by molar-refractivity contribution is 0.474. The third kappa shape index (κ3) is 4.62. The second-order valence-corrected chi connectivity index (χ2v) is 5.70. The predicted molar refractivity (Wildman–Crippen MR) is 89.6 cm³/mol. The molecule has 1 atom stereocenters. The van der Waals surface area contributed by atoms with Crippen molar-refractivity contribution in [3.05, 3.63) is 47.8 Å². The normalized spacial score (nSPS) is 12.3. The Labute approximate surface area is 128 Å². The van der Waals surface area contributed by atoms with Crippen molar-refractivity contribution in [2.24, 2.45) is 0 Å². The maximum atomic E-state index is 4.61. The van der Waals surface area contributed by atoms with Crippen molar-refractivity contribution >= 4 is 5.69 Å². The van der Waals surface area contributed by atoms with Crippen LogP contribution in [0.2, 0.25) is 0 Å². The number of hydrogen-bond donors (Lipinski definition) is 1. The first-order valence-corrected chi connectivity index (χ1v) is 8.09. The molecular weight excluding hydrogens is 258 g/mol. The number of aryl methyl sites for hydroxylation is 1. The molecule has 0 saturated heterocycles. The Morgan fingerprint density at radius 2 is 1.90 bits per heavy atom. The Bertz CT molecular complexity index is 528. The smallest absolute Gasteiger partial charge is 0.0815 e. The van der Waals surface area contributed by atoms with Crippen LogP contribution in [0.4, 0.5) is 5.69 Å². The van der Waals surface area contributed by atoms with Gasteiger partial charge in [-0.1, -0.05) is 32.4 Å². The Morgan fingerprint density at radius 1 is 1.14 bits per heavy atom. The van der Waals surface area contributed by atoms with Crippen molar-refractivity contribution in [1.82, 2.24) is 9.78 Å². The predicted octanol–water partition coefficient (Wildman–Crippen LogP) is 4.81. The van der Waals surface area contributed by atoms with Gasteiger partial charge < -0.3 is 5.32 Å². The highest BCUT2D eigenvalue weighted by atomic mass is 15.3. The summed E-state index contributed by atoms with van der Waals surface area (Å²) in [4.78, 5) is 0. The summed E-state index contributed by atoms with van der Waals surface area (Å²) in [5.74, 6) is 0.